The van der Waals surface area contributed by atoms with Crippen molar-refractivity contribution in [2.75, 3.05) is 30.0 Å². The van der Waals surface area contributed by atoms with Gasteiger partial charge in [0.05, 0.1) is 48.5 Å². The molecule has 0 atom stereocenters. The van der Waals surface area contributed by atoms with Crippen LogP contribution in [0.25, 0.3) is 11.3 Å². The van der Waals surface area contributed by atoms with Crippen molar-refractivity contribution in [1.82, 2.24) is 19.7 Å². The maximum atomic E-state index is 12.0. The molecule has 1 saturated heterocycles. The number of carbonyl (C=O) groups is 1. The molecule has 5 rings (SSSR count). The first-order chi connectivity index (χ1) is 16.6. The molecule has 1 aliphatic heterocycles. The van der Waals surface area contributed by atoms with E-state index < -0.39 is 5.54 Å². The molecule has 10 nitrogen and oxygen atoms in total. The van der Waals surface area contributed by atoms with E-state index in [2.05, 4.69) is 32.5 Å². The standard InChI is InChI=1S/C24H22N8O2/c25-7-6-24(11-17(12-24)13-26)32-15-18(14-28-32)21-5-8-27-23(30-21)29-19-1-3-20(4-2-19)31-9-10-34-16-22(31)33/h1-5,8,14-15,17H,6,9-12,16H2,(H,27,29,30). The number of benzene rings is 1. The zero-order valence-corrected chi connectivity index (χ0v) is 18.4. The van der Waals surface area contributed by atoms with Gasteiger partial charge in [0.15, 0.2) is 0 Å². The number of aromatic nitrogens is 4. The van der Waals surface area contributed by atoms with E-state index in [0.29, 0.717) is 44.1 Å². The van der Waals surface area contributed by atoms with Crippen LogP contribution in [0, 0.1) is 28.6 Å². The highest BCUT2D eigenvalue weighted by atomic mass is 16.5. The van der Waals surface area contributed by atoms with E-state index in [1.54, 1.807) is 28.0 Å². The summed E-state index contributed by atoms with van der Waals surface area (Å²) in [6.45, 7) is 1.17. The number of rotatable bonds is 6. The Morgan fingerprint density at radius 2 is 2.03 bits per heavy atom. The van der Waals surface area contributed by atoms with Crippen LogP contribution >= 0.6 is 0 Å². The second-order valence-corrected chi connectivity index (χ2v) is 8.50. The summed E-state index contributed by atoms with van der Waals surface area (Å²) >= 11 is 0. The molecular formula is C24H22N8O2. The second-order valence-electron chi connectivity index (χ2n) is 8.50. The molecule has 1 saturated carbocycles. The molecule has 0 bridgehead atoms. The molecule has 2 fully saturated rings. The first-order valence-electron chi connectivity index (χ1n) is 11.0. The van der Waals surface area contributed by atoms with Crippen molar-refractivity contribution in [3.05, 3.63) is 48.9 Å². The Hall–Kier alpha value is -4.28. The van der Waals surface area contributed by atoms with E-state index in [1.165, 1.54) is 0 Å². The van der Waals surface area contributed by atoms with Crippen molar-refractivity contribution in [3.63, 3.8) is 0 Å². The Labute approximate surface area is 196 Å². The summed E-state index contributed by atoms with van der Waals surface area (Å²) in [4.78, 5) is 22.6. The summed E-state index contributed by atoms with van der Waals surface area (Å²) in [6.07, 6.45) is 6.84. The fraction of sp³-hybridized carbons (Fsp3) is 0.333. The number of hydrogen-bond donors (Lipinski definition) is 1. The number of amides is 1. The number of nitrogens with one attached hydrogen (secondary N) is 1. The Kier molecular flexibility index (Phi) is 5.66. The minimum Gasteiger partial charge on any atom is -0.370 e. The summed E-state index contributed by atoms with van der Waals surface area (Å²) in [5.41, 5.74) is 2.70. The van der Waals surface area contributed by atoms with Crippen molar-refractivity contribution in [1.29, 1.82) is 10.5 Å². The second kappa shape index (κ2) is 8.93. The van der Waals surface area contributed by atoms with Crippen molar-refractivity contribution in [3.8, 4) is 23.4 Å². The molecule has 1 aromatic carbocycles. The van der Waals surface area contributed by atoms with Gasteiger partial charge in [0.2, 0.25) is 5.95 Å². The molecule has 2 aromatic heterocycles. The van der Waals surface area contributed by atoms with Crippen molar-refractivity contribution in [2.45, 2.75) is 24.8 Å². The third kappa shape index (κ3) is 4.07. The van der Waals surface area contributed by atoms with Crippen LogP contribution in [0.2, 0.25) is 0 Å². The smallest absolute Gasteiger partial charge is 0.253 e. The molecule has 10 heteroatoms. The molecule has 0 radical (unpaired) electrons. The molecule has 1 N–H and O–H groups in total. The number of anilines is 3. The monoisotopic (exact) mass is 454 g/mol. The molecule has 0 spiro atoms. The van der Waals surface area contributed by atoms with Crippen LogP contribution in [0.4, 0.5) is 17.3 Å². The number of hydrogen-bond acceptors (Lipinski definition) is 8. The van der Waals surface area contributed by atoms with Gasteiger partial charge in [0, 0.05) is 35.9 Å². The predicted molar refractivity (Wildman–Crippen MR) is 123 cm³/mol. The van der Waals surface area contributed by atoms with Gasteiger partial charge in [0.1, 0.15) is 6.61 Å². The molecule has 2 aliphatic rings. The third-order valence-electron chi connectivity index (χ3n) is 6.28. The first-order valence-corrected chi connectivity index (χ1v) is 11.0. The van der Waals surface area contributed by atoms with Gasteiger partial charge in [-0.2, -0.15) is 15.6 Å². The fourth-order valence-corrected chi connectivity index (χ4v) is 4.45. The van der Waals surface area contributed by atoms with E-state index >= 15 is 0 Å². The van der Waals surface area contributed by atoms with E-state index in [1.807, 2.05) is 30.5 Å². The van der Waals surface area contributed by atoms with Crippen LogP contribution in [0.5, 0.6) is 0 Å². The Morgan fingerprint density at radius 3 is 2.76 bits per heavy atom. The summed E-state index contributed by atoms with van der Waals surface area (Å²) in [5, 5.41) is 26.1. The lowest BCUT2D eigenvalue weighted by atomic mass is 9.67. The molecule has 3 aromatic rings. The zero-order chi connectivity index (χ0) is 23.5. The van der Waals surface area contributed by atoms with Crippen molar-refractivity contribution < 1.29 is 9.53 Å². The quantitative estimate of drug-likeness (QED) is 0.601. The summed E-state index contributed by atoms with van der Waals surface area (Å²) in [5.74, 6) is 0.342. The fourth-order valence-electron chi connectivity index (χ4n) is 4.45. The van der Waals surface area contributed by atoms with Crippen LogP contribution in [-0.4, -0.2) is 45.4 Å². The van der Waals surface area contributed by atoms with Crippen molar-refractivity contribution >= 4 is 23.2 Å². The van der Waals surface area contributed by atoms with E-state index in [4.69, 9.17) is 10.00 Å². The van der Waals surface area contributed by atoms with Crippen molar-refractivity contribution in [2.24, 2.45) is 5.92 Å². The molecule has 170 valence electrons. The zero-order valence-electron chi connectivity index (χ0n) is 18.4. The normalized spacial score (nSPS) is 21.9. The number of carbonyl (C=O) groups excluding carboxylic acids is 1. The number of ether oxygens (including phenoxy) is 1. The van der Waals surface area contributed by atoms with Gasteiger partial charge in [-0.25, -0.2) is 9.97 Å². The molecule has 0 unspecified atom stereocenters. The van der Waals surface area contributed by atoms with Gasteiger partial charge in [-0.1, -0.05) is 0 Å². The van der Waals surface area contributed by atoms with Crippen LogP contribution in [0.1, 0.15) is 19.3 Å². The Morgan fingerprint density at radius 1 is 1.21 bits per heavy atom. The summed E-state index contributed by atoms with van der Waals surface area (Å²) in [7, 11) is 0. The lowest BCUT2D eigenvalue weighted by Crippen LogP contribution is -2.46. The Balaban J connectivity index is 1.31. The number of morpholine rings is 1. The summed E-state index contributed by atoms with van der Waals surface area (Å²) in [6, 6.07) is 13.8. The highest BCUT2D eigenvalue weighted by Gasteiger charge is 2.46. The lowest BCUT2D eigenvalue weighted by Gasteiger charge is -2.43. The third-order valence-corrected chi connectivity index (χ3v) is 6.28. The highest BCUT2D eigenvalue weighted by Crippen LogP contribution is 2.46. The number of nitrogens with zero attached hydrogens (tertiary/aromatic N) is 7. The van der Waals surface area contributed by atoms with E-state index in [9.17, 15) is 10.1 Å². The number of nitriles is 2. The predicted octanol–water partition coefficient (Wildman–Crippen LogP) is 2.99. The summed E-state index contributed by atoms with van der Waals surface area (Å²) < 4.78 is 6.99. The highest BCUT2D eigenvalue weighted by molar-refractivity contribution is 5.95. The van der Waals surface area contributed by atoms with Crippen LogP contribution in [0.15, 0.2) is 48.9 Å². The molecule has 1 aliphatic carbocycles. The molecule has 3 heterocycles. The minimum atomic E-state index is -0.425. The van der Waals surface area contributed by atoms with Gasteiger partial charge in [0.25, 0.3) is 5.91 Å². The Bertz CT molecular complexity index is 1280. The molecule has 34 heavy (non-hydrogen) atoms. The van der Waals surface area contributed by atoms with E-state index in [-0.39, 0.29) is 18.4 Å². The van der Waals surface area contributed by atoms with E-state index in [0.717, 1.165) is 16.9 Å². The van der Waals surface area contributed by atoms with Crippen LogP contribution < -0.4 is 10.2 Å². The molecular weight excluding hydrogens is 432 g/mol. The van der Waals surface area contributed by atoms with Gasteiger partial charge in [-0.15, -0.1) is 0 Å². The topological polar surface area (TPSA) is 133 Å². The van der Waals surface area contributed by atoms with Crippen LogP contribution in [0.3, 0.4) is 0 Å². The average Bonchev–Trinajstić information content (AvgIpc) is 3.33. The average molecular weight is 454 g/mol. The maximum absolute atomic E-state index is 12.0. The molecule has 1 amide bonds. The SMILES string of the molecule is N#CCC1(n2cc(-c3ccnc(Nc4ccc(N5CCOCC5=O)cc4)n3)cn2)CC(C#N)C1. The van der Waals surface area contributed by atoms with Gasteiger partial charge < -0.3 is 15.0 Å². The largest absolute Gasteiger partial charge is 0.370 e. The minimum absolute atomic E-state index is 0.0383. The maximum Gasteiger partial charge on any atom is 0.253 e. The van der Waals surface area contributed by atoms with Gasteiger partial charge >= 0.3 is 0 Å². The van der Waals surface area contributed by atoms with Gasteiger partial charge in [-0.3, -0.25) is 9.48 Å². The lowest BCUT2D eigenvalue weighted by molar-refractivity contribution is -0.125. The van der Waals surface area contributed by atoms with Gasteiger partial charge in [-0.05, 0) is 43.2 Å². The first kappa shape index (κ1) is 21.6. The van der Waals surface area contributed by atoms with Crippen LogP contribution in [-0.2, 0) is 15.1 Å².